The fourth-order valence-electron chi connectivity index (χ4n) is 1.25. The quantitative estimate of drug-likeness (QED) is 0.571. The molecule has 0 radical (unpaired) electrons. The first kappa shape index (κ1) is 9.72. The van der Waals surface area contributed by atoms with Crippen LogP contribution in [-0.4, -0.2) is 8.94 Å². The highest BCUT2D eigenvalue weighted by Crippen LogP contribution is 2.14. The van der Waals surface area contributed by atoms with E-state index in [1.54, 1.807) is 11.6 Å². The third-order valence-electron chi connectivity index (χ3n) is 1.98. The summed E-state index contributed by atoms with van der Waals surface area (Å²) in [5.74, 6) is 0.781. The zero-order valence-corrected chi connectivity index (χ0v) is 8.81. The van der Waals surface area contributed by atoms with Crippen LogP contribution in [0.15, 0.2) is 40.7 Å². The Kier molecular flexibility index (Phi) is 2.68. The maximum absolute atomic E-state index is 10.0. The average molecular weight is 220 g/mol. The number of hydrogen-bond donors (Lipinski definition) is 0. The van der Waals surface area contributed by atoms with Gasteiger partial charge in [-0.15, -0.1) is 4.91 Å². The van der Waals surface area contributed by atoms with Crippen LogP contribution >= 0.6 is 11.5 Å². The average Bonchev–Trinajstić information content (AvgIpc) is 2.63. The minimum atomic E-state index is 0.490. The van der Waals surface area contributed by atoms with Crippen molar-refractivity contribution in [2.75, 3.05) is 0 Å². The lowest BCUT2D eigenvalue weighted by Gasteiger charge is -1.98. The molecule has 1 aromatic heterocycles. The van der Waals surface area contributed by atoms with Gasteiger partial charge < -0.3 is 4.57 Å². The Labute approximate surface area is 89.8 Å². The number of nitroso groups, excluding NO2 is 1. The monoisotopic (exact) mass is 220 g/mol. The van der Waals surface area contributed by atoms with Crippen molar-refractivity contribution in [3.63, 3.8) is 0 Å². The Morgan fingerprint density at radius 2 is 2.07 bits per heavy atom. The minimum Gasteiger partial charge on any atom is -0.301 e. The Bertz CT molecular complexity index is 529. The van der Waals surface area contributed by atoms with Gasteiger partial charge in [0, 0.05) is 24.1 Å². The van der Waals surface area contributed by atoms with Crippen molar-refractivity contribution in [2.45, 2.75) is 0 Å². The minimum absolute atomic E-state index is 0.490. The van der Waals surface area contributed by atoms with Gasteiger partial charge >= 0.3 is 0 Å². The van der Waals surface area contributed by atoms with Crippen LogP contribution in [0, 0.1) is 4.91 Å². The highest BCUT2D eigenvalue weighted by molar-refractivity contribution is 7.03. The lowest BCUT2D eigenvalue weighted by atomic mass is 10.2. The van der Waals surface area contributed by atoms with E-state index in [1.165, 1.54) is 0 Å². The summed E-state index contributed by atoms with van der Waals surface area (Å²) in [5, 5.41) is 5.94. The lowest BCUT2D eigenvalue weighted by Crippen LogP contribution is -2.10. The fraction of sp³-hybridized carbons (Fsp3) is 0.111. The summed E-state index contributed by atoms with van der Waals surface area (Å²) in [6, 6.07) is 9.71. The Balaban J connectivity index is 2.56. The molecule has 0 atom stereocenters. The molecule has 0 saturated heterocycles. The van der Waals surface area contributed by atoms with Crippen molar-refractivity contribution in [1.82, 2.24) is 8.94 Å². The number of rotatable bonds is 2. The van der Waals surface area contributed by atoms with Gasteiger partial charge in [0.1, 0.15) is 0 Å². The predicted octanol–water partition coefficient (Wildman–Crippen LogP) is 1.73. The number of benzene rings is 1. The van der Waals surface area contributed by atoms with Crippen LogP contribution in [0.2, 0.25) is 0 Å². The maximum Gasteiger partial charge on any atom is 0.233 e. The van der Waals surface area contributed by atoms with Crippen molar-refractivity contribution in [1.29, 1.82) is 0 Å². The molecule has 2 aromatic rings. The van der Waals surface area contributed by atoms with E-state index in [2.05, 4.69) is 14.8 Å². The summed E-state index contributed by atoms with van der Waals surface area (Å²) >= 11 is 1.15. The molecule has 0 amide bonds. The molecule has 0 spiro atoms. The molecule has 5 nitrogen and oxygen atoms in total. The van der Waals surface area contributed by atoms with Gasteiger partial charge in [0.15, 0.2) is 5.82 Å². The largest absolute Gasteiger partial charge is 0.301 e. The van der Waals surface area contributed by atoms with Crippen molar-refractivity contribution < 1.29 is 0 Å². The topological polar surface area (TPSA) is 59.6 Å². The second-order valence-corrected chi connectivity index (χ2v) is 3.63. The lowest BCUT2D eigenvalue weighted by molar-refractivity contribution is 0.851. The van der Waals surface area contributed by atoms with E-state index in [-0.39, 0.29) is 0 Å². The normalized spacial score (nSPS) is 11.7. The molecule has 0 aliphatic heterocycles. The van der Waals surface area contributed by atoms with E-state index in [0.717, 1.165) is 22.9 Å². The van der Waals surface area contributed by atoms with E-state index in [1.807, 2.05) is 30.3 Å². The molecule has 6 heteroatoms. The van der Waals surface area contributed by atoms with Gasteiger partial charge in [-0.05, 0) is 0 Å². The van der Waals surface area contributed by atoms with Crippen LogP contribution < -0.4 is 4.80 Å². The second kappa shape index (κ2) is 4.14. The summed E-state index contributed by atoms with van der Waals surface area (Å²) in [6.45, 7) is 0. The highest BCUT2D eigenvalue weighted by atomic mass is 32.1. The van der Waals surface area contributed by atoms with Crippen molar-refractivity contribution in [2.24, 2.45) is 17.4 Å². The zero-order chi connectivity index (χ0) is 10.7. The first-order valence-electron chi connectivity index (χ1n) is 4.27. The second-order valence-electron chi connectivity index (χ2n) is 2.90. The molecule has 1 aromatic carbocycles. The maximum atomic E-state index is 10.0. The molecule has 0 unspecified atom stereocenters. The predicted molar refractivity (Wildman–Crippen MR) is 57.9 cm³/mol. The van der Waals surface area contributed by atoms with Gasteiger partial charge in [0.05, 0.1) is 5.29 Å². The molecule has 0 bridgehead atoms. The molecular formula is C9H8N4OS. The molecule has 15 heavy (non-hydrogen) atoms. The molecule has 0 N–H and O–H groups in total. The van der Waals surface area contributed by atoms with Crippen LogP contribution in [0.25, 0.3) is 11.4 Å². The Hall–Kier alpha value is -1.82. The summed E-state index contributed by atoms with van der Waals surface area (Å²) < 4.78 is 5.95. The van der Waals surface area contributed by atoms with Crippen molar-refractivity contribution in [3.05, 3.63) is 40.0 Å². The number of nitrogens with zero attached hydrogens (tertiary/aromatic N) is 4. The fourth-order valence-corrected chi connectivity index (χ4v) is 1.93. The van der Waals surface area contributed by atoms with Gasteiger partial charge in [-0.2, -0.15) is 4.37 Å². The SMILES string of the molecule is Cn1c(-c2ccccc2)ns/c1=N\N=O. The van der Waals surface area contributed by atoms with Crippen molar-refractivity contribution in [3.8, 4) is 11.4 Å². The van der Waals surface area contributed by atoms with E-state index in [0.29, 0.717) is 4.80 Å². The smallest absolute Gasteiger partial charge is 0.233 e. The van der Waals surface area contributed by atoms with Gasteiger partial charge in [0.25, 0.3) is 0 Å². The summed E-state index contributed by atoms with van der Waals surface area (Å²) in [5.41, 5.74) is 0.989. The van der Waals surface area contributed by atoms with Crippen LogP contribution in [0.3, 0.4) is 0 Å². The van der Waals surface area contributed by atoms with Crippen LogP contribution in [0.4, 0.5) is 0 Å². The van der Waals surface area contributed by atoms with Crippen LogP contribution in [0.5, 0.6) is 0 Å². The van der Waals surface area contributed by atoms with Gasteiger partial charge in [-0.1, -0.05) is 35.4 Å². The van der Waals surface area contributed by atoms with Gasteiger partial charge in [-0.25, -0.2) is 0 Å². The van der Waals surface area contributed by atoms with Crippen LogP contribution in [-0.2, 0) is 7.05 Å². The first-order chi connectivity index (χ1) is 7.33. The summed E-state index contributed by atoms with van der Waals surface area (Å²) in [7, 11) is 1.80. The highest BCUT2D eigenvalue weighted by Gasteiger charge is 2.05. The van der Waals surface area contributed by atoms with E-state index in [9.17, 15) is 4.91 Å². The Morgan fingerprint density at radius 3 is 2.73 bits per heavy atom. The van der Waals surface area contributed by atoms with E-state index < -0.39 is 0 Å². The molecular weight excluding hydrogens is 212 g/mol. The molecule has 0 fully saturated rings. The van der Waals surface area contributed by atoms with E-state index in [4.69, 9.17) is 0 Å². The standard InChI is InChI=1S/C9H8N4OS/c1-13-8(7-5-3-2-4-6-7)11-15-9(13)10-12-14/h2-6H,1H3/b10-9-. The molecule has 76 valence electrons. The Morgan fingerprint density at radius 1 is 1.33 bits per heavy atom. The molecule has 1 heterocycles. The number of hydrogen-bond acceptors (Lipinski definition) is 4. The summed E-state index contributed by atoms with van der Waals surface area (Å²) in [6.07, 6.45) is 0. The van der Waals surface area contributed by atoms with Gasteiger partial charge in [0.2, 0.25) is 4.80 Å². The zero-order valence-electron chi connectivity index (χ0n) is 7.99. The molecule has 0 aliphatic rings. The first-order valence-corrected chi connectivity index (χ1v) is 5.04. The van der Waals surface area contributed by atoms with Gasteiger partial charge in [-0.3, -0.25) is 0 Å². The molecule has 2 rings (SSSR count). The number of aromatic nitrogens is 2. The van der Waals surface area contributed by atoms with Crippen LogP contribution in [0.1, 0.15) is 0 Å². The van der Waals surface area contributed by atoms with E-state index >= 15 is 0 Å². The third-order valence-corrected chi connectivity index (χ3v) is 2.76. The molecule has 0 saturated carbocycles. The molecule has 0 aliphatic carbocycles. The van der Waals surface area contributed by atoms with Crippen molar-refractivity contribution >= 4 is 11.5 Å². The third kappa shape index (κ3) is 1.84. The summed E-state index contributed by atoms with van der Waals surface area (Å²) in [4.78, 5) is 10.5.